The number of rotatable bonds is 3. The molecule has 0 fully saturated rings. The predicted molar refractivity (Wildman–Crippen MR) is 89.9 cm³/mol. The highest BCUT2D eigenvalue weighted by Gasteiger charge is 2.27. The van der Waals surface area contributed by atoms with Gasteiger partial charge in [-0.05, 0) is 85.9 Å². The summed E-state index contributed by atoms with van der Waals surface area (Å²) >= 11 is 0. The van der Waals surface area contributed by atoms with Crippen molar-refractivity contribution in [1.82, 2.24) is 4.90 Å². The van der Waals surface area contributed by atoms with Crippen molar-refractivity contribution in [1.29, 1.82) is 0 Å². The van der Waals surface area contributed by atoms with Crippen LogP contribution in [0.1, 0.15) is 47.4 Å². The lowest BCUT2D eigenvalue weighted by atomic mass is 9.86. The zero-order valence-electron chi connectivity index (χ0n) is 13.9. The molecule has 2 aromatic carbocycles. The van der Waals surface area contributed by atoms with E-state index in [0.717, 1.165) is 36.1 Å². The highest BCUT2D eigenvalue weighted by Crippen LogP contribution is 2.40. The minimum atomic E-state index is -0.201. The second kappa shape index (κ2) is 6.40. The summed E-state index contributed by atoms with van der Waals surface area (Å²) in [6, 6.07) is 10.1. The molecule has 0 amide bonds. The van der Waals surface area contributed by atoms with Crippen LogP contribution >= 0.6 is 0 Å². The summed E-state index contributed by atoms with van der Waals surface area (Å²) in [6.45, 7) is 3.05. The SMILES string of the molecule is CC1c2ccc(F)cc2CC(CCN(C)C)c2ccc(F)cc21. The van der Waals surface area contributed by atoms with Crippen molar-refractivity contribution in [2.75, 3.05) is 20.6 Å². The fourth-order valence-corrected chi connectivity index (χ4v) is 3.68. The lowest BCUT2D eigenvalue weighted by Crippen LogP contribution is -2.17. The number of hydrogen-bond donors (Lipinski definition) is 0. The van der Waals surface area contributed by atoms with Crippen molar-refractivity contribution in [3.05, 3.63) is 70.3 Å². The van der Waals surface area contributed by atoms with Crippen molar-refractivity contribution in [2.24, 2.45) is 0 Å². The van der Waals surface area contributed by atoms with Crippen LogP contribution in [0.2, 0.25) is 0 Å². The first kappa shape index (κ1) is 16.1. The molecule has 2 aromatic rings. The topological polar surface area (TPSA) is 3.24 Å². The quantitative estimate of drug-likeness (QED) is 0.793. The van der Waals surface area contributed by atoms with E-state index in [1.54, 1.807) is 18.2 Å². The molecule has 23 heavy (non-hydrogen) atoms. The molecule has 122 valence electrons. The molecule has 2 atom stereocenters. The fourth-order valence-electron chi connectivity index (χ4n) is 3.68. The van der Waals surface area contributed by atoms with Gasteiger partial charge in [-0.1, -0.05) is 19.1 Å². The van der Waals surface area contributed by atoms with Crippen LogP contribution in [-0.2, 0) is 6.42 Å². The van der Waals surface area contributed by atoms with E-state index < -0.39 is 0 Å². The van der Waals surface area contributed by atoms with Crippen LogP contribution in [0.4, 0.5) is 8.78 Å². The smallest absolute Gasteiger partial charge is 0.123 e. The van der Waals surface area contributed by atoms with E-state index in [4.69, 9.17) is 0 Å². The zero-order chi connectivity index (χ0) is 16.6. The van der Waals surface area contributed by atoms with Gasteiger partial charge in [0.25, 0.3) is 0 Å². The van der Waals surface area contributed by atoms with Crippen LogP contribution in [0.3, 0.4) is 0 Å². The Hall–Kier alpha value is -1.74. The van der Waals surface area contributed by atoms with E-state index in [1.165, 1.54) is 11.6 Å². The summed E-state index contributed by atoms with van der Waals surface area (Å²) in [5.41, 5.74) is 4.42. The number of nitrogens with zero attached hydrogens (tertiary/aromatic N) is 1. The van der Waals surface area contributed by atoms with E-state index >= 15 is 0 Å². The van der Waals surface area contributed by atoms with Crippen LogP contribution in [0.15, 0.2) is 36.4 Å². The molecular formula is C20H23F2N. The molecule has 0 spiro atoms. The van der Waals surface area contributed by atoms with Gasteiger partial charge < -0.3 is 4.90 Å². The van der Waals surface area contributed by atoms with Gasteiger partial charge >= 0.3 is 0 Å². The van der Waals surface area contributed by atoms with Crippen LogP contribution in [-0.4, -0.2) is 25.5 Å². The first-order chi connectivity index (χ1) is 11.0. The summed E-state index contributed by atoms with van der Waals surface area (Å²) in [6.07, 6.45) is 1.79. The number of hydrogen-bond acceptors (Lipinski definition) is 1. The molecule has 1 aliphatic rings. The van der Waals surface area contributed by atoms with E-state index in [2.05, 4.69) is 25.9 Å². The monoisotopic (exact) mass is 315 g/mol. The Morgan fingerprint density at radius 2 is 1.61 bits per heavy atom. The molecule has 1 nitrogen and oxygen atoms in total. The van der Waals surface area contributed by atoms with Crippen LogP contribution < -0.4 is 0 Å². The van der Waals surface area contributed by atoms with Crippen molar-refractivity contribution in [2.45, 2.75) is 31.6 Å². The summed E-state index contributed by atoms with van der Waals surface area (Å²) in [5, 5.41) is 0. The summed E-state index contributed by atoms with van der Waals surface area (Å²) in [7, 11) is 4.11. The molecule has 0 saturated heterocycles. The first-order valence-electron chi connectivity index (χ1n) is 8.18. The Morgan fingerprint density at radius 3 is 2.30 bits per heavy atom. The van der Waals surface area contributed by atoms with Gasteiger partial charge in [0.15, 0.2) is 0 Å². The maximum atomic E-state index is 13.8. The number of benzene rings is 2. The molecule has 0 heterocycles. The van der Waals surface area contributed by atoms with Crippen LogP contribution in [0.5, 0.6) is 0 Å². The maximum Gasteiger partial charge on any atom is 0.123 e. The van der Waals surface area contributed by atoms with Gasteiger partial charge in [-0.15, -0.1) is 0 Å². The standard InChI is InChI=1S/C20H23F2N/c1-13-18-6-4-16(21)11-15(18)10-14(8-9-23(2)3)19-7-5-17(22)12-20(13)19/h4-7,11-14H,8-10H2,1-3H3. The third-order valence-electron chi connectivity index (χ3n) is 4.92. The van der Waals surface area contributed by atoms with Crippen LogP contribution in [0, 0.1) is 11.6 Å². The summed E-state index contributed by atoms with van der Waals surface area (Å²) < 4.78 is 27.5. The third-order valence-corrected chi connectivity index (χ3v) is 4.92. The summed E-state index contributed by atoms with van der Waals surface area (Å²) in [5.74, 6) is -0.0221. The maximum absolute atomic E-state index is 13.8. The van der Waals surface area contributed by atoms with E-state index in [-0.39, 0.29) is 17.6 Å². The van der Waals surface area contributed by atoms with Crippen molar-refractivity contribution in [3.63, 3.8) is 0 Å². The highest BCUT2D eigenvalue weighted by atomic mass is 19.1. The van der Waals surface area contributed by atoms with Gasteiger partial charge in [0.2, 0.25) is 0 Å². The second-order valence-corrected chi connectivity index (χ2v) is 6.83. The van der Waals surface area contributed by atoms with Crippen molar-refractivity contribution >= 4 is 0 Å². The largest absolute Gasteiger partial charge is 0.309 e. The van der Waals surface area contributed by atoms with Gasteiger partial charge in [-0.2, -0.15) is 0 Å². The minimum absolute atomic E-state index is 0.0839. The molecule has 3 rings (SSSR count). The molecule has 3 heteroatoms. The zero-order valence-corrected chi connectivity index (χ0v) is 13.9. The van der Waals surface area contributed by atoms with E-state index in [0.29, 0.717) is 5.92 Å². The molecule has 0 aliphatic heterocycles. The lowest BCUT2D eigenvalue weighted by Gasteiger charge is -2.21. The molecule has 0 radical (unpaired) electrons. The Kier molecular flexibility index (Phi) is 4.49. The summed E-state index contributed by atoms with van der Waals surface area (Å²) in [4.78, 5) is 2.16. The van der Waals surface area contributed by atoms with Gasteiger partial charge in [-0.3, -0.25) is 0 Å². The number of halogens is 2. The van der Waals surface area contributed by atoms with E-state index in [1.807, 2.05) is 12.1 Å². The Balaban J connectivity index is 2.09. The molecule has 0 bridgehead atoms. The molecule has 1 aliphatic carbocycles. The lowest BCUT2D eigenvalue weighted by molar-refractivity contribution is 0.379. The first-order valence-corrected chi connectivity index (χ1v) is 8.18. The minimum Gasteiger partial charge on any atom is -0.309 e. The average molecular weight is 315 g/mol. The molecule has 2 unspecified atom stereocenters. The second-order valence-electron chi connectivity index (χ2n) is 6.83. The van der Waals surface area contributed by atoms with Gasteiger partial charge in [-0.25, -0.2) is 8.78 Å². The predicted octanol–water partition coefficient (Wildman–Crippen LogP) is 4.71. The average Bonchev–Trinajstić information content (AvgIpc) is 2.61. The third kappa shape index (κ3) is 3.30. The van der Waals surface area contributed by atoms with Gasteiger partial charge in [0.1, 0.15) is 11.6 Å². The Morgan fingerprint density at radius 1 is 0.957 bits per heavy atom. The highest BCUT2D eigenvalue weighted by molar-refractivity contribution is 5.46. The van der Waals surface area contributed by atoms with Crippen molar-refractivity contribution in [3.8, 4) is 0 Å². The number of fused-ring (bicyclic) bond motifs is 2. The normalized spacial score (nSPS) is 20.1. The Bertz CT molecular complexity index is 709. The van der Waals surface area contributed by atoms with Gasteiger partial charge in [0, 0.05) is 5.92 Å². The molecule has 0 saturated carbocycles. The van der Waals surface area contributed by atoms with E-state index in [9.17, 15) is 8.78 Å². The molecule has 0 N–H and O–H groups in total. The van der Waals surface area contributed by atoms with Crippen molar-refractivity contribution < 1.29 is 8.78 Å². The van der Waals surface area contributed by atoms with Crippen LogP contribution in [0.25, 0.3) is 0 Å². The molecule has 0 aromatic heterocycles. The van der Waals surface area contributed by atoms with Gasteiger partial charge in [0.05, 0.1) is 0 Å². The molecular weight excluding hydrogens is 292 g/mol. The Labute approximate surface area is 136 Å². The fraction of sp³-hybridized carbons (Fsp3) is 0.400.